The molecular weight excluding hydrogens is 451 g/mol. The van der Waals surface area contributed by atoms with Gasteiger partial charge in [0.05, 0.1) is 6.04 Å². The van der Waals surface area contributed by atoms with E-state index in [9.17, 15) is 0 Å². The van der Waals surface area contributed by atoms with E-state index in [1.165, 1.54) is 16.7 Å². The van der Waals surface area contributed by atoms with E-state index in [1.807, 2.05) is 30.3 Å². The van der Waals surface area contributed by atoms with Crippen molar-refractivity contribution in [3.8, 4) is 0 Å². The summed E-state index contributed by atoms with van der Waals surface area (Å²) in [6.45, 7) is 5.99. The van der Waals surface area contributed by atoms with Crippen LogP contribution in [0.3, 0.4) is 0 Å². The van der Waals surface area contributed by atoms with Gasteiger partial charge in [-0.05, 0) is 53.1 Å². The van der Waals surface area contributed by atoms with Gasteiger partial charge in [-0.25, -0.2) is 0 Å². The highest BCUT2D eigenvalue weighted by Crippen LogP contribution is 2.40. The summed E-state index contributed by atoms with van der Waals surface area (Å²) < 4.78 is 0. The van der Waals surface area contributed by atoms with Crippen LogP contribution < -0.4 is 16.0 Å². The predicted molar refractivity (Wildman–Crippen MR) is 139 cm³/mol. The van der Waals surface area contributed by atoms with Gasteiger partial charge in [0.15, 0.2) is 0 Å². The van der Waals surface area contributed by atoms with Crippen LogP contribution >= 0.6 is 23.2 Å². The lowest BCUT2D eigenvalue weighted by Crippen LogP contribution is -2.42. The molecule has 3 aromatic rings. The normalized spacial score (nSPS) is 17.4. The summed E-state index contributed by atoms with van der Waals surface area (Å²) in [6.07, 6.45) is 2.08. The second-order valence-electron chi connectivity index (χ2n) is 8.70. The Morgan fingerprint density at radius 2 is 1.48 bits per heavy atom. The van der Waals surface area contributed by atoms with Crippen molar-refractivity contribution in [2.45, 2.75) is 12.6 Å². The molecule has 2 aliphatic rings. The fourth-order valence-corrected chi connectivity index (χ4v) is 5.06. The summed E-state index contributed by atoms with van der Waals surface area (Å²) in [5.41, 5.74) is 12.9. The molecule has 0 saturated carbocycles. The van der Waals surface area contributed by atoms with Gasteiger partial charge >= 0.3 is 0 Å². The first-order valence-corrected chi connectivity index (χ1v) is 12.1. The highest BCUT2D eigenvalue weighted by atomic mass is 35.5. The second kappa shape index (κ2) is 9.78. The number of nitrogens with zero attached hydrogens (tertiary/aromatic N) is 2. The molecular formula is C27H28Cl2N4. The average Bonchev–Trinajstić information content (AvgIpc) is 2.83. The number of fused-ring (bicyclic) bond motifs is 1. The van der Waals surface area contributed by atoms with Gasteiger partial charge in [0, 0.05) is 66.3 Å². The Morgan fingerprint density at radius 1 is 0.848 bits per heavy atom. The first kappa shape index (κ1) is 22.3. The molecule has 0 amide bonds. The highest BCUT2D eigenvalue weighted by Gasteiger charge is 2.27. The number of piperazine rings is 1. The lowest BCUT2D eigenvalue weighted by atomic mass is 9.93. The molecule has 1 saturated heterocycles. The van der Waals surface area contributed by atoms with Crippen LogP contribution in [-0.2, 0) is 6.54 Å². The van der Waals surface area contributed by atoms with E-state index in [2.05, 4.69) is 57.6 Å². The molecule has 0 spiro atoms. The van der Waals surface area contributed by atoms with Gasteiger partial charge in [0.2, 0.25) is 0 Å². The molecule has 1 atom stereocenters. The SMILES string of the molecule is NC1=CCN(C(c2ccc(Cl)cc2)c2ccc(CN3CCNCC3)cc2)c2cc(Cl)ccc21. The van der Waals surface area contributed by atoms with E-state index < -0.39 is 0 Å². The molecule has 33 heavy (non-hydrogen) atoms. The second-order valence-corrected chi connectivity index (χ2v) is 9.57. The van der Waals surface area contributed by atoms with Crippen molar-refractivity contribution in [2.75, 3.05) is 37.6 Å². The summed E-state index contributed by atoms with van der Waals surface area (Å²) in [5, 5.41) is 4.85. The minimum atomic E-state index is 0.0112. The van der Waals surface area contributed by atoms with Crippen LogP contribution in [0.2, 0.25) is 10.0 Å². The van der Waals surface area contributed by atoms with E-state index >= 15 is 0 Å². The first-order chi connectivity index (χ1) is 16.1. The molecule has 3 aromatic carbocycles. The van der Waals surface area contributed by atoms with Crippen molar-refractivity contribution in [2.24, 2.45) is 5.73 Å². The molecule has 4 nitrogen and oxygen atoms in total. The van der Waals surface area contributed by atoms with E-state index in [0.717, 1.165) is 54.7 Å². The van der Waals surface area contributed by atoms with Gasteiger partial charge in [-0.2, -0.15) is 0 Å². The number of benzene rings is 3. The maximum atomic E-state index is 6.41. The van der Waals surface area contributed by atoms with Crippen molar-refractivity contribution >= 4 is 34.6 Å². The smallest absolute Gasteiger partial charge is 0.0799 e. The maximum absolute atomic E-state index is 6.41. The number of halogens is 2. The standard InChI is InChI=1S/C27H28Cl2N4/c28-22-7-5-21(6-8-22)27(33-14-11-25(30)24-10-9-23(29)17-26(24)33)20-3-1-19(2-4-20)18-32-15-12-31-13-16-32/h1-11,17,27,31H,12-16,18,30H2. The van der Waals surface area contributed by atoms with E-state index in [4.69, 9.17) is 28.9 Å². The molecule has 1 fully saturated rings. The number of nitrogens with one attached hydrogen (secondary N) is 1. The van der Waals surface area contributed by atoms with Crippen LogP contribution in [0.5, 0.6) is 0 Å². The topological polar surface area (TPSA) is 44.5 Å². The van der Waals surface area contributed by atoms with E-state index in [1.54, 1.807) is 0 Å². The molecule has 2 aliphatic heterocycles. The fraction of sp³-hybridized carbons (Fsp3) is 0.259. The fourth-order valence-electron chi connectivity index (χ4n) is 4.77. The third-order valence-electron chi connectivity index (χ3n) is 6.50. The van der Waals surface area contributed by atoms with E-state index in [-0.39, 0.29) is 6.04 Å². The molecule has 0 radical (unpaired) electrons. The lowest BCUT2D eigenvalue weighted by Gasteiger charge is -2.38. The largest absolute Gasteiger partial charge is 0.398 e. The Kier molecular flexibility index (Phi) is 6.61. The Labute approximate surface area is 205 Å². The minimum Gasteiger partial charge on any atom is -0.398 e. The number of hydrogen-bond donors (Lipinski definition) is 2. The van der Waals surface area contributed by atoms with Crippen molar-refractivity contribution in [1.82, 2.24) is 10.2 Å². The summed E-state index contributed by atoms with van der Waals surface area (Å²) in [4.78, 5) is 4.87. The third-order valence-corrected chi connectivity index (χ3v) is 6.98. The number of anilines is 1. The molecule has 1 unspecified atom stereocenters. The molecule has 0 bridgehead atoms. The molecule has 0 aromatic heterocycles. The molecule has 0 aliphatic carbocycles. The van der Waals surface area contributed by atoms with Crippen LogP contribution in [0.15, 0.2) is 72.8 Å². The molecule has 3 N–H and O–H groups in total. The average molecular weight is 479 g/mol. The van der Waals surface area contributed by atoms with Gasteiger partial charge in [-0.3, -0.25) is 4.90 Å². The number of rotatable bonds is 5. The summed E-state index contributed by atoms with van der Waals surface area (Å²) >= 11 is 12.6. The monoisotopic (exact) mass is 478 g/mol. The maximum Gasteiger partial charge on any atom is 0.0799 e. The summed E-state index contributed by atoms with van der Waals surface area (Å²) in [6, 6.07) is 23.1. The van der Waals surface area contributed by atoms with Crippen LogP contribution in [0.4, 0.5) is 5.69 Å². The van der Waals surface area contributed by atoms with Gasteiger partial charge in [-0.15, -0.1) is 0 Å². The lowest BCUT2D eigenvalue weighted by molar-refractivity contribution is 0.233. The van der Waals surface area contributed by atoms with Crippen LogP contribution in [0.1, 0.15) is 28.3 Å². The Hall–Kier alpha value is -2.50. The third kappa shape index (κ3) is 4.90. The summed E-state index contributed by atoms with van der Waals surface area (Å²) in [7, 11) is 0. The predicted octanol–water partition coefficient (Wildman–Crippen LogP) is 5.31. The number of hydrogen-bond acceptors (Lipinski definition) is 4. The van der Waals surface area contributed by atoms with Crippen molar-refractivity contribution in [3.63, 3.8) is 0 Å². The highest BCUT2D eigenvalue weighted by molar-refractivity contribution is 6.31. The molecule has 170 valence electrons. The van der Waals surface area contributed by atoms with Crippen LogP contribution in [-0.4, -0.2) is 37.6 Å². The van der Waals surface area contributed by atoms with Crippen molar-refractivity contribution in [3.05, 3.63) is 105 Å². The zero-order chi connectivity index (χ0) is 22.8. The van der Waals surface area contributed by atoms with Gasteiger partial charge in [0.1, 0.15) is 0 Å². The van der Waals surface area contributed by atoms with E-state index in [0.29, 0.717) is 11.6 Å². The first-order valence-electron chi connectivity index (χ1n) is 11.4. The zero-order valence-corrected chi connectivity index (χ0v) is 20.0. The molecule has 6 heteroatoms. The Bertz CT molecular complexity index is 1140. The zero-order valence-electron chi connectivity index (χ0n) is 18.5. The van der Waals surface area contributed by atoms with Crippen LogP contribution in [0.25, 0.3) is 5.70 Å². The molecule has 5 rings (SSSR count). The van der Waals surface area contributed by atoms with Gasteiger partial charge in [0.25, 0.3) is 0 Å². The number of nitrogens with two attached hydrogens (primary N) is 1. The Balaban J connectivity index is 1.51. The Morgan fingerprint density at radius 3 is 2.18 bits per heavy atom. The van der Waals surface area contributed by atoms with Crippen LogP contribution in [0, 0.1) is 0 Å². The molecule has 2 heterocycles. The van der Waals surface area contributed by atoms with Crippen molar-refractivity contribution in [1.29, 1.82) is 0 Å². The van der Waals surface area contributed by atoms with Gasteiger partial charge in [-0.1, -0.05) is 59.6 Å². The van der Waals surface area contributed by atoms with Crippen molar-refractivity contribution < 1.29 is 0 Å². The quantitative estimate of drug-likeness (QED) is 0.521. The minimum absolute atomic E-state index is 0.0112. The van der Waals surface area contributed by atoms with Gasteiger partial charge < -0.3 is 16.0 Å². The summed E-state index contributed by atoms with van der Waals surface area (Å²) in [5.74, 6) is 0.